The molecule has 0 fully saturated rings. The average molecular weight is 391 g/mol. The molecular formula is C20H23ClN2O2S. The summed E-state index contributed by atoms with van der Waals surface area (Å²) in [6.07, 6.45) is 0.830. The van der Waals surface area contributed by atoms with Crippen molar-refractivity contribution in [2.45, 2.75) is 30.4 Å². The number of carbonyl (C=O) groups excluding carboxylic acids is 2. The quantitative estimate of drug-likeness (QED) is 0.709. The molecular weight excluding hydrogens is 368 g/mol. The highest BCUT2D eigenvalue weighted by Gasteiger charge is 2.21. The number of aryl methyl sites for hydroxylation is 1. The van der Waals surface area contributed by atoms with Crippen LogP contribution in [0.15, 0.2) is 53.4 Å². The predicted molar refractivity (Wildman–Crippen MR) is 109 cm³/mol. The Hall–Kier alpha value is -1.98. The Morgan fingerprint density at radius 2 is 1.81 bits per heavy atom. The van der Waals surface area contributed by atoms with Crippen LogP contribution in [0.2, 0.25) is 5.02 Å². The molecule has 0 saturated heterocycles. The van der Waals surface area contributed by atoms with E-state index in [1.54, 1.807) is 13.1 Å². The molecule has 0 aliphatic rings. The Bertz CT molecular complexity index is 782. The molecule has 2 aromatic rings. The molecule has 0 radical (unpaired) electrons. The molecule has 0 aliphatic heterocycles. The molecule has 1 N–H and O–H groups in total. The van der Waals surface area contributed by atoms with Crippen molar-refractivity contribution >= 4 is 40.9 Å². The molecule has 2 rings (SSSR count). The zero-order valence-electron chi connectivity index (χ0n) is 15.2. The van der Waals surface area contributed by atoms with Gasteiger partial charge in [0.2, 0.25) is 11.8 Å². The van der Waals surface area contributed by atoms with Crippen LogP contribution in [0.3, 0.4) is 0 Å². The van der Waals surface area contributed by atoms with E-state index in [0.29, 0.717) is 5.02 Å². The minimum Gasteiger partial charge on any atom is -0.335 e. The van der Waals surface area contributed by atoms with Gasteiger partial charge in [0, 0.05) is 17.6 Å². The van der Waals surface area contributed by atoms with Gasteiger partial charge in [0.25, 0.3) is 0 Å². The Labute approximate surface area is 163 Å². The third kappa shape index (κ3) is 5.51. The first-order valence-electron chi connectivity index (χ1n) is 8.46. The highest BCUT2D eigenvalue weighted by atomic mass is 35.5. The standard InChI is InChI=1S/C20H23ClN2O2S/c1-4-15-9-5-7-11-17(15)22-19(24)13-23(3)20(25)14(2)26-18-12-8-6-10-16(18)21/h5-12,14H,4,13H2,1-3H3,(H,22,24). The summed E-state index contributed by atoms with van der Waals surface area (Å²) >= 11 is 7.53. The SMILES string of the molecule is CCc1ccccc1NC(=O)CN(C)C(=O)C(C)Sc1ccccc1Cl. The first kappa shape index (κ1) is 20.3. The molecule has 1 unspecified atom stereocenters. The van der Waals surface area contributed by atoms with Gasteiger partial charge in [-0.05, 0) is 37.1 Å². The zero-order valence-corrected chi connectivity index (χ0v) is 16.7. The van der Waals surface area contributed by atoms with Gasteiger partial charge in [-0.25, -0.2) is 0 Å². The van der Waals surface area contributed by atoms with Gasteiger partial charge < -0.3 is 10.2 Å². The number of thioether (sulfide) groups is 1. The predicted octanol–water partition coefficient (Wildman–Crippen LogP) is 4.48. The van der Waals surface area contributed by atoms with Crippen molar-refractivity contribution in [1.82, 2.24) is 4.90 Å². The highest BCUT2D eigenvalue weighted by Crippen LogP contribution is 2.30. The van der Waals surface area contributed by atoms with Gasteiger partial charge in [0.05, 0.1) is 16.8 Å². The molecule has 0 aliphatic carbocycles. The summed E-state index contributed by atoms with van der Waals surface area (Å²) < 4.78 is 0. The summed E-state index contributed by atoms with van der Waals surface area (Å²) in [6, 6.07) is 15.1. The van der Waals surface area contributed by atoms with Crippen LogP contribution in [0.25, 0.3) is 0 Å². The molecule has 6 heteroatoms. The fourth-order valence-electron chi connectivity index (χ4n) is 2.53. The first-order valence-corrected chi connectivity index (χ1v) is 9.72. The van der Waals surface area contributed by atoms with E-state index in [9.17, 15) is 9.59 Å². The fourth-order valence-corrected chi connectivity index (χ4v) is 3.79. The van der Waals surface area contributed by atoms with Crippen LogP contribution in [0.4, 0.5) is 5.69 Å². The zero-order chi connectivity index (χ0) is 19.1. The molecule has 0 aromatic heterocycles. The summed E-state index contributed by atoms with van der Waals surface area (Å²) in [5.74, 6) is -0.328. The number of nitrogens with zero attached hydrogens (tertiary/aromatic N) is 1. The van der Waals surface area contributed by atoms with Crippen molar-refractivity contribution in [3.8, 4) is 0 Å². The number of carbonyl (C=O) groups is 2. The lowest BCUT2D eigenvalue weighted by atomic mass is 10.1. The Morgan fingerprint density at radius 3 is 2.50 bits per heavy atom. The van der Waals surface area contributed by atoms with Gasteiger partial charge in [-0.15, -0.1) is 11.8 Å². The van der Waals surface area contributed by atoms with Crippen molar-refractivity contribution in [2.75, 3.05) is 18.9 Å². The smallest absolute Gasteiger partial charge is 0.243 e. The summed E-state index contributed by atoms with van der Waals surface area (Å²) in [5.41, 5.74) is 1.86. The van der Waals surface area contributed by atoms with Crippen LogP contribution in [0.1, 0.15) is 19.4 Å². The largest absolute Gasteiger partial charge is 0.335 e. The number of amides is 2. The molecule has 1 atom stereocenters. The second-order valence-electron chi connectivity index (χ2n) is 5.94. The molecule has 26 heavy (non-hydrogen) atoms. The molecule has 4 nitrogen and oxygen atoms in total. The number of likely N-dealkylation sites (N-methyl/N-ethyl adjacent to an activating group) is 1. The molecule has 2 aromatic carbocycles. The van der Waals surface area contributed by atoms with Crippen molar-refractivity contribution in [1.29, 1.82) is 0 Å². The van der Waals surface area contributed by atoms with E-state index in [1.165, 1.54) is 16.7 Å². The molecule has 138 valence electrons. The van der Waals surface area contributed by atoms with Crippen LogP contribution < -0.4 is 5.32 Å². The van der Waals surface area contributed by atoms with Gasteiger partial charge in [-0.2, -0.15) is 0 Å². The maximum atomic E-state index is 12.6. The van der Waals surface area contributed by atoms with Gasteiger partial charge >= 0.3 is 0 Å². The van der Waals surface area contributed by atoms with E-state index in [-0.39, 0.29) is 23.6 Å². The summed E-state index contributed by atoms with van der Waals surface area (Å²) in [5, 5.41) is 3.17. The minimum absolute atomic E-state index is 0.00427. The van der Waals surface area contributed by atoms with Crippen molar-refractivity contribution < 1.29 is 9.59 Å². The number of rotatable bonds is 7. The number of benzene rings is 2. The van der Waals surface area contributed by atoms with Crippen LogP contribution in [-0.2, 0) is 16.0 Å². The first-order chi connectivity index (χ1) is 12.4. The Morgan fingerprint density at radius 1 is 1.15 bits per heavy atom. The van der Waals surface area contributed by atoms with Gasteiger partial charge in [0.15, 0.2) is 0 Å². The van der Waals surface area contributed by atoms with E-state index < -0.39 is 0 Å². The molecule has 0 spiro atoms. The van der Waals surface area contributed by atoms with Crippen molar-refractivity contribution in [2.24, 2.45) is 0 Å². The number of hydrogen-bond acceptors (Lipinski definition) is 3. The van der Waals surface area contributed by atoms with Crippen LogP contribution >= 0.6 is 23.4 Å². The maximum Gasteiger partial charge on any atom is 0.243 e. The normalized spacial score (nSPS) is 11.7. The second-order valence-corrected chi connectivity index (χ2v) is 7.73. The number of hydrogen-bond donors (Lipinski definition) is 1. The molecule has 0 heterocycles. The lowest BCUT2D eigenvalue weighted by Gasteiger charge is -2.21. The topological polar surface area (TPSA) is 49.4 Å². The van der Waals surface area contributed by atoms with Crippen molar-refractivity contribution in [3.63, 3.8) is 0 Å². The van der Waals surface area contributed by atoms with Crippen LogP contribution in [0.5, 0.6) is 0 Å². The number of para-hydroxylation sites is 1. The molecule has 0 bridgehead atoms. The Balaban J connectivity index is 1.93. The maximum absolute atomic E-state index is 12.6. The van der Waals surface area contributed by atoms with Gasteiger partial charge in [-0.3, -0.25) is 9.59 Å². The Kier molecular flexibility index (Phi) is 7.54. The van der Waals surface area contributed by atoms with Crippen molar-refractivity contribution in [3.05, 3.63) is 59.1 Å². The average Bonchev–Trinajstić information content (AvgIpc) is 2.63. The lowest BCUT2D eigenvalue weighted by Crippen LogP contribution is -2.39. The van der Waals surface area contributed by atoms with Gasteiger partial charge in [-0.1, -0.05) is 48.9 Å². The third-order valence-electron chi connectivity index (χ3n) is 3.92. The fraction of sp³-hybridized carbons (Fsp3) is 0.300. The number of nitrogens with one attached hydrogen (secondary N) is 1. The molecule has 0 saturated carbocycles. The number of anilines is 1. The number of halogens is 1. The van der Waals surface area contributed by atoms with E-state index in [0.717, 1.165) is 22.6 Å². The van der Waals surface area contributed by atoms with Crippen LogP contribution in [0, 0.1) is 0 Å². The lowest BCUT2D eigenvalue weighted by molar-refractivity contribution is -0.132. The highest BCUT2D eigenvalue weighted by molar-refractivity contribution is 8.00. The third-order valence-corrected chi connectivity index (χ3v) is 5.52. The monoisotopic (exact) mass is 390 g/mol. The van der Waals surface area contributed by atoms with E-state index in [2.05, 4.69) is 5.32 Å². The molecule has 2 amide bonds. The minimum atomic E-state index is -0.337. The van der Waals surface area contributed by atoms with E-state index >= 15 is 0 Å². The van der Waals surface area contributed by atoms with Crippen LogP contribution in [-0.4, -0.2) is 35.6 Å². The van der Waals surface area contributed by atoms with E-state index in [1.807, 2.05) is 56.3 Å². The summed E-state index contributed by atoms with van der Waals surface area (Å²) in [7, 11) is 1.64. The summed E-state index contributed by atoms with van der Waals surface area (Å²) in [4.78, 5) is 27.1. The second kappa shape index (κ2) is 9.64. The van der Waals surface area contributed by atoms with E-state index in [4.69, 9.17) is 11.6 Å². The summed E-state index contributed by atoms with van der Waals surface area (Å²) in [6.45, 7) is 3.86. The van der Waals surface area contributed by atoms with Gasteiger partial charge in [0.1, 0.15) is 0 Å².